The van der Waals surface area contributed by atoms with Crippen molar-refractivity contribution >= 4 is 34.0 Å². The van der Waals surface area contributed by atoms with Crippen LogP contribution in [0.4, 0.5) is 5.69 Å². The Labute approximate surface area is 114 Å². The monoisotopic (exact) mass is 271 g/mol. The van der Waals surface area contributed by atoms with Crippen molar-refractivity contribution in [1.29, 1.82) is 0 Å². The highest BCUT2D eigenvalue weighted by molar-refractivity contribution is 6.36. The maximum absolute atomic E-state index is 12.5. The zero-order valence-electron chi connectivity index (χ0n) is 9.85. The largest absolute Gasteiger partial charge is 0.398 e. The van der Waals surface area contributed by atoms with Crippen LogP contribution in [-0.2, 0) is 0 Å². The number of nitrogens with two attached hydrogens (primary N) is 1. The minimum Gasteiger partial charge on any atom is -0.398 e. The highest BCUT2D eigenvalue weighted by atomic mass is 35.5. The first-order valence-electron chi connectivity index (χ1n) is 5.68. The molecule has 0 unspecified atom stereocenters. The van der Waals surface area contributed by atoms with Gasteiger partial charge in [0, 0.05) is 22.2 Å². The quantitative estimate of drug-likeness (QED) is 0.556. The standard InChI is InChI=1S/C14H10ClN3O/c15-11-6-13-8(7-17-18-13)5-10(11)14(19)9-3-1-2-4-12(9)16/h1-7H,16H2,(H,17,18). The Balaban J connectivity index is 2.16. The predicted octanol–water partition coefficient (Wildman–Crippen LogP) is 3.03. The Morgan fingerprint density at radius 2 is 2.00 bits per heavy atom. The topological polar surface area (TPSA) is 71.8 Å². The minimum absolute atomic E-state index is 0.189. The number of aromatic amines is 1. The van der Waals surface area contributed by atoms with Crippen molar-refractivity contribution in [1.82, 2.24) is 10.2 Å². The van der Waals surface area contributed by atoms with Gasteiger partial charge in [-0.05, 0) is 24.3 Å². The molecular weight excluding hydrogens is 262 g/mol. The lowest BCUT2D eigenvalue weighted by molar-refractivity contribution is 0.104. The number of fused-ring (bicyclic) bond motifs is 1. The SMILES string of the molecule is Nc1ccccc1C(=O)c1cc2cn[nH]c2cc1Cl. The lowest BCUT2D eigenvalue weighted by atomic mass is 10.0. The lowest BCUT2D eigenvalue weighted by Gasteiger charge is -2.06. The van der Waals surface area contributed by atoms with Crippen LogP contribution in [0.25, 0.3) is 10.9 Å². The second kappa shape index (κ2) is 4.40. The average Bonchev–Trinajstić information content (AvgIpc) is 2.84. The molecular formula is C14H10ClN3O. The van der Waals surface area contributed by atoms with E-state index in [4.69, 9.17) is 17.3 Å². The van der Waals surface area contributed by atoms with Gasteiger partial charge in [-0.25, -0.2) is 0 Å². The molecule has 19 heavy (non-hydrogen) atoms. The number of carbonyl (C=O) groups excluding carboxylic acids is 1. The van der Waals surface area contributed by atoms with Crippen molar-refractivity contribution in [3.05, 3.63) is 58.7 Å². The van der Waals surface area contributed by atoms with Crippen molar-refractivity contribution in [3.8, 4) is 0 Å². The van der Waals surface area contributed by atoms with Crippen LogP contribution >= 0.6 is 11.6 Å². The van der Waals surface area contributed by atoms with Crippen LogP contribution in [0.2, 0.25) is 5.02 Å². The fourth-order valence-corrected chi connectivity index (χ4v) is 2.24. The van der Waals surface area contributed by atoms with Gasteiger partial charge in [-0.15, -0.1) is 0 Å². The Kier molecular flexibility index (Phi) is 2.72. The fraction of sp³-hybridized carbons (Fsp3) is 0. The third-order valence-electron chi connectivity index (χ3n) is 2.98. The smallest absolute Gasteiger partial charge is 0.196 e. The normalized spacial score (nSPS) is 10.8. The van der Waals surface area contributed by atoms with Gasteiger partial charge >= 0.3 is 0 Å². The molecule has 0 amide bonds. The summed E-state index contributed by atoms with van der Waals surface area (Å²) in [4.78, 5) is 12.5. The first-order chi connectivity index (χ1) is 9.16. The van der Waals surface area contributed by atoms with E-state index in [1.54, 1.807) is 42.6 Å². The number of nitrogens with zero attached hydrogens (tertiary/aromatic N) is 1. The first kappa shape index (κ1) is 11.7. The zero-order valence-corrected chi connectivity index (χ0v) is 10.6. The number of nitrogens with one attached hydrogen (secondary N) is 1. The van der Waals surface area contributed by atoms with Gasteiger partial charge < -0.3 is 5.73 Å². The maximum atomic E-state index is 12.5. The van der Waals surface area contributed by atoms with Crippen molar-refractivity contribution in [2.45, 2.75) is 0 Å². The summed E-state index contributed by atoms with van der Waals surface area (Å²) < 4.78 is 0. The molecule has 4 nitrogen and oxygen atoms in total. The second-order valence-electron chi connectivity index (χ2n) is 4.21. The molecule has 0 aliphatic heterocycles. The van der Waals surface area contributed by atoms with Crippen LogP contribution in [0.3, 0.4) is 0 Å². The Hall–Kier alpha value is -2.33. The predicted molar refractivity (Wildman–Crippen MR) is 75.4 cm³/mol. The molecule has 0 bridgehead atoms. The highest BCUT2D eigenvalue weighted by Crippen LogP contribution is 2.26. The minimum atomic E-state index is -0.189. The number of anilines is 1. The van der Waals surface area contributed by atoms with Crippen LogP contribution < -0.4 is 5.73 Å². The summed E-state index contributed by atoms with van der Waals surface area (Å²) in [5.41, 5.74) is 7.93. The Morgan fingerprint density at radius 3 is 2.79 bits per heavy atom. The van der Waals surface area contributed by atoms with E-state index in [2.05, 4.69) is 10.2 Å². The molecule has 3 aromatic rings. The van der Waals surface area contributed by atoms with Crippen molar-refractivity contribution in [2.75, 3.05) is 5.73 Å². The summed E-state index contributed by atoms with van der Waals surface area (Å²) in [7, 11) is 0. The molecule has 5 heteroatoms. The highest BCUT2D eigenvalue weighted by Gasteiger charge is 2.16. The fourth-order valence-electron chi connectivity index (χ4n) is 1.99. The van der Waals surface area contributed by atoms with Gasteiger partial charge in [-0.3, -0.25) is 9.89 Å². The number of aromatic nitrogens is 2. The summed E-state index contributed by atoms with van der Waals surface area (Å²) in [6.07, 6.45) is 1.65. The molecule has 0 saturated carbocycles. The number of rotatable bonds is 2. The summed E-state index contributed by atoms with van der Waals surface area (Å²) in [5.74, 6) is -0.189. The van der Waals surface area contributed by atoms with Gasteiger partial charge in [0.1, 0.15) is 0 Å². The van der Waals surface area contributed by atoms with Crippen LogP contribution in [0, 0.1) is 0 Å². The average molecular weight is 272 g/mol. The molecule has 1 aromatic heterocycles. The summed E-state index contributed by atoms with van der Waals surface area (Å²) >= 11 is 6.15. The van der Waals surface area contributed by atoms with E-state index in [0.29, 0.717) is 21.8 Å². The molecule has 3 rings (SSSR count). The summed E-state index contributed by atoms with van der Waals surface area (Å²) in [5, 5.41) is 7.94. The Morgan fingerprint density at radius 1 is 1.21 bits per heavy atom. The zero-order chi connectivity index (χ0) is 13.4. The van der Waals surface area contributed by atoms with Crippen molar-refractivity contribution < 1.29 is 4.79 Å². The number of carbonyl (C=O) groups is 1. The first-order valence-corrected chi connectivity index (χ1v) is 6.06. The number of para-hydroxylation sites is 1. The molecule has 0 saturated heterocycles. The van der Waals surface area contributed by atoms with Gasteiger partial charge in [0.25, 0.3) is 0 Å². The molecule has 0 radical (unpaired) electrons. The Bertz CT molecular complexity index is 779. The van der Waals surface area contributed by atoms with Crippen LogP contribution in [0.15, 0.2) is 42.6 Å². The number of benzene rings is 2. The summed E-state index contributed by atoms with van der Waals surface area (Å²) in [6, 6.07) is 10.3. The van der Waals surface area contributed by atoms with Crippen LogP contribution in [-0.4, -0.2) is 16.0 Å². The number of halogens is 1. The number of H-pyrrole nitrogens is 1. The van der Waals surface area contributed by atoms with E-state index < -0.39 is 0 Å². The van der Waals surface area contributed by atoms with Crippen LogP contribution in [0.5, 0.6) is 0 Å². The van der Waals surface area contributed by atoms with Crippen LogP contribution in [0.1, 0.15) is 15.9 Å². The third-order valence-corrected chi connectivity index (χ3v) is 3.29. The van der Waals surface area contributed by atoms with E-state index in [0.717, 1.165) is 10.9 Å². The van der Waals surface area contributed by atoms with Crippen molar-refractivity contribution in [2.24, 2.45) is 0 Å². The number of hydrogen-bond donors (Lipinski definition) is 2. The van der Waals surface area contributed by atoms with Gasteiger partial charge in [0.15, 0.2) is 5.78 Å². The van der Waals surface area contributed by atoms with E-state index >= 15 is 0 Å². The third kappa shape index (κ3) is 1.96. The van der Waals surface area contributed by atoms with E-state index in [1.165, 1.54) is 0 Å². The van der Waals surface area contributed by atoms with Gasteiger partial charge in [-0.1, -0.05) is 23.7 Å². The molecule has 0 aliphatic carbocycles. The lowest BCUT2D eigenvalue weighted by Crippen LogP contribution is -2.05. The number of ketones is 1. The molecule has 2 aromatic carbocycles. The maximum Gasteiger partial charge on any atom is 0.196 e. The van der Waals surface area contributed by atoms with E-state index in [-0.39, 0.29) is 5.78 Å². The van der Waals surface area contributed by atoms with E-state index in [1.807, 2.05) is 0 Å². The molecule has 94 valence electrons. The molecule has 1 heterocycles. The molecule has 0 atom stereocenters. The van der Waals surface area contributed by atoms with Gasteiger partial charge in [0.05, 0.1) is 16.7 Å². The molecule has 0 spiro atoms. The van der Waals surface area contributed by atoms with Crippen molar-refractivity contribution in [3.63, 3.8) is 0 Å². The molecule has 3 N–H and O–H groups in total. The van der Waals surface area contributed by atoms with E-state index in [9.17, 15) is 4.79 Å². The van der Waals surface area contributed by atoms with Gasteiger partial charge in [-0.2, -0.15) is 5.10 Å². The molecule has 0 aliphatic rings. The second-order valence-corrected chi connectivity index (χ2v) is 4.61. The van der Waals surface area contributed by atoms with Gasteiger partial charge in [0.2, 0.25) is 0 Å². The number of nitrogen functional groups attached to an aromatic ring is 1. The molecule has 0 fully saturated rings. The summed E-state index contributed by atoms with van der Waals surface area (Å²) in [6.45, 7) is 0. The number of hydrogen-bond acceptors (Lipinski definition) is 3.